The Kier molecular flexibility index (Phi) is 2.63. The van der Waals surface area contributed by atoms with E-state index in [-0.39, 0.29) is 6.10 Å². The van der Waals surface area contributed by atoms with Gasteiger partial charge in [0.2, 0.25) is 0 Å². The Labute approximate surface area is 83.7 Å². The number of ether oxygens (including phenoxy) is 1. The summed E-state index contributed by atoms with van der Waals surface area (Å²) in [6.45, 7) is 6.01. The van der Waals surface area contributed by atoms with Gasteiger partial charge in [0.25, 0.3) is 0 Å². The summed E-state index contributed by atoms with van der Waals surface area (Å²) in [5.41, 5.74) is 1.03. The smallest absolute Gasteiger partial charge is 0.316 e. The molecule has 14 heavy (non-hydrogen) atoms. The average molecular weight is 193 g/mol. The first-order chi connectivity index (χ1) is 6.75. The molecule has 0 aromatic carbocycles. The average Bonchev–Trinajstić information content (AvgIpc) is 2.12. The number of hydrogen-bond donors (Lipinski definition) is 1. The van der Waals surface area contributed by atoms with Crippen molar-refractivity contribution in [1.29, 1.82) is 0 Å². The molecule has 0 spiro atoms. The molecule has 0 saturated carbocycles. The second kappa shape index (κ2) is 3.92. The van der Waals surface area contributed by atoms with Crippen LogP contribution in [-0.4, -0.2) is 29.2 Å². The first kappa shape index (κ1) is 9.40. The minimum absolute atomic E-state index is 0.248. The molecule has 76 valence electrons. The van der Waals surface area contributed by atoms with E-state index in [1.165, 1.54) is 0 Å². The zero-order chi connectivity index (χ0) is 9.97. The zero-order valence-corrected chi connectivity index (χ0v) is 8.53. The molecule has 4 nitrogen and oxygen atoms in total. The summed E-state index contributed by atoms with van der Waals surface area (Å²) in [5.74, 6) is 0.417. The Morgan fingerprint density at radius 3 is 2.86 bits per heavy atom. The number of aromatic nitrogens is 2. The van der Waals surface area contributed by atoms with E-state index in [1.54, 1.807) is 6.20 Å². The SMILES string of the molecule is CC(C)c1ccnc(OC2CNC2)n1. The maximum Gasteiger partial charge on any atom is 0.316 e. The molecule has 2 rings (SSSR count). The fourth-order valence-corrected chi connectivity index (χ4v) is 1.23. The van der Waals surface area contributed by atoms with E-state index in [9.17, 15) is 0 Å². The normalized spacial score (nSPS) is 16.8. The van der Waals surface area contributed by atoms with Crippen LogP contribution in [0.4, 0.5) is 0 Å². The van der Waals surface area contributed by atoms with Crippen molar-refractivity contribution in [3.63, 3.8) is 0 Å². The van der Waals surface area contributed by atoms with Crippen LogP contribution in [0.3, 0.4) is 0 Å². The lowest BCUT2D eigenvalue weighted by Gasteiger charge is -2.26. The molecule has 2 heterocycles. The fourth-order valence-electron chi connectivity index (χ4n) is 1.23. The van der Waals surface area contributed by atoms with Crippen LogP contribution >= 0.6 is 0 Å². The summed E-state index contributed by atoms with van der Waals surface area (Å²) in [5, 5.41) is 3.14. The van der Waals surface area contributed by atoms with E-state index >= 15 is 0 Å². The summed E-state index contributed by atoms with van der Waals surface area (Å²) in [7, 11) is 0. The van der Waals surface area contributed by atoms with Crippen molar-refractivity contribution in [1.82, 2.24) is 15.3 Å². The van der Waals surface area contributed by atoms with Crippen LogP contribution in [0.15, 0.2) is 12.3 Å². The molecule has 1 aliphatic heterocycles. The Morgan fingerprint density at radius 2 is 2.29 bits per heavy atom. The highest BCUT2D eigenvalue weighted by Gasteiger charge is 2.19. The van der Waals surface area contributed by atoms with Gasteiger partial charge >= 0.3 is 6.01 Å². The molecular weight excluding hydrogens is 178 g/mol. The van der Waals surface area contributed by atoms with Gasteiger partial charge in [-0.05, 0) is 12.0 Å². The zero-order valence-electron chi connectivity index (χ0n) is 8.53. The number of hydrogen-bond acceptors (Lipinski definition) is 4. The van der Waals surface area contributed by atoms with Crippen molar-refractivity contribution in [3.05, 3.63) is 18.0 Å². The number of nitrogens with one attached hydrogen (secondary N) is 1. The molecule has 1 aliphatic rings. The summed E-state index contributed by atoms with van der Waals surface area (Å²) >= 11 is 0. The van der Waals surface area contributed by atoms with Gasteiger partial charge in [0.15, 0.2) is 0 Å². The van der Waals surface area contributed by atoms with Gasteiger partial charge in [-0.3, -0.25) is 0 Å². The van der Waals surface area contributed by atoms with Crippen LogP contribution in [0.2, 0.25) is 0 Å². The van der Waals surface area contributed by atoms with E-state index in [4.69, 9.17) is 4.74 Å². The van der Waals surface area contributed by atoms with Crippen molar-refractivity contribution in [2.24, 2.45) is 0 Å². The molecule has 0 aliphatic carbocycles. The highest BCUT2D eigenvalue weighted by molar-refractivity contribution is 5.09. The van der Waals surface area contributed by atoms with Crippen LogP contribution in [0.5, 0.6) is 6.01 Å². The molecule has 0 radical (unpaired) electrons. The predicted octanol–water partition coefficient (Wildman–Crippen LogP) is 0.951. The minimum Gasteiger partial charge on any atom is -0.457 e. The van der Waals surface area contributed by atoms with Crippen LogP contribution in [0.25, 0.3) is 0 Å². The van der Waals surface area contributed by atoms with Gasteiger partial charge < -0.3 is 10.1 Å². The molecular formula is C10H15N3O. The number of nitrogens with zero attached hydrogens (tertiary/aromatic N) is 2. The molecule has 1 N–H and O–H groups in total. The largest absolute Gasteiger partial charge is 0.457 e. The molecule has 1 aromatic rings. The third-order valence-electron chi connectivity index (χ3n) is 2.26. The Hall–Kier alpha value is -1.16. The van der Waals surface area contributed by atoms with Crippen molar-refractivity contribution < 1.29 is 4.74 Å². The van der Waals surface area contributed by atoms with E-state index in [0.29, 0.717) is 11.9 Å². The van der Waals surface area contributed by atoms with Crippen molar-refractivity contribution >= 4 is 0 Å². The molecule has 0 atom stereocenters. The lowest BCUT2D eigenvalue weighted by molar-refractivity contribution is 0.129. The number of rotatable bonds is 3. The molecule has 1 fully saturated rings. The van der Waals surface area contributed by atoms with Gasteiger partial charge in [0, 0.05) is 19.3 Å². The van der Waals surface area contributed by atoms with Gasteiger partial charge in [-0.15, -0.1) is 0 Å². The lowest BCUT2D eigenvalue weighted by atomic mass is 10.1. The second-order valence-electron chi connectivity index (χ2n) is 3.82. The highest BCUT2D eigenvalue weighted by Crippen LogP contribution is 2.14. The first-order valence-electron chi connectivity index (χ1n) is 4.96. The van der Waals surface area contributed by atoms with Gasteiger partial charge in [-0.1, -0.05) is 13.8 Å². The van der Waals surface area contributed by atoms with Crippen LogP contribution < -0.4 is 10.1 Å². The van der Waals surface area contributed by atoms with Gasteiger partial charge in [0.1, 0.15) is 6.10 Å². The molecule has 0 bridgehead atoms. The predicted molar refractivity (Wildman–Crippen MR) is 53.4 cm³/mol. The maximum absolute atomic E-state index is 5.56. The van der Waals surface area contributed by atoms with Crippen LogP contribution in [0, 0.1) is 0 Å². The monoisotopic (exact) mass is 193 g/mol. The minimum atomic E-state index is 0.248. The van der Waals surface area contributed by atoms with Crippen molar-refractivity contribution in [3.8, 4) is 6.01 Å². The topological polar surface area (TPSA) is 47.0 Å². The molecule has 4 heteroatoms. The van der Waals surface area contributed by atoms with Crippen LogP contribution in [-0.2, 0) is 0 Å². The van der Waals surface area contributed by atoms with E-state index in [1.807, 2.05) is 6.07 Å². The van der Waals surface area contributed by atoms with E-state index in [0.717, 1.165) is 18.8 Å². The summed E-state index contributed by atoms with van der Waals surface area (Å²) in [6, 6.07) is 2.43. The van der Waals surface area contributed by atoms with Crippen molar-refractivity contribution in [2.75, 3.05) is 13.1 Å². The van der Waals surface area contributed by atoms with Gasteiger partial charge in [0.05, 0.1) is 5.69 Å². The lowest BCUT2D eigenvalue weighted by Crippen LogP contribution is -2.50. The second-order valence-corrected chi connectivity index (χ2v) is 3.82. The van der Waals surface area contributed by atoms with Crippen LogP contribution in [0.1, 0.15) is 25.5 Å². The summed E-state index contributed by atoms with van der Waals surface area (Å²) in [4.78, 5) is 8.42. The fraction of sp³-hybridized carbons (Fsp3) is 0.600. The van der Waals surface area contributed by atoms with E-state index < -0.39 is 0 Å². The third-order valence-corrected chi connectivity index (χ3v) is 2.26. The molecule has 0 unspecified atom stereocenters. The van der Waals surface area contributed by atoms with Gasteiger partial charge in [-0.25, -0.2) is 4.98 Å². The molecule has 1 saturated heterocycles. The standard InChI is InChI=1S/C10H15N3O/c1-7(2)9-3-4-12-10(13-9)14-8-5-11-6-8/h3-4,7-8,11H,5-6H2,1-2H3. The van der Waals surface area contributed by atoms with E-state index in [2.05, 4.69) is 29.1 Å². The Balaban J connectivity index is 2.05. The quantitative estimate of drug-likeness (QED) is 0.776. The maximum atomic E-state index is 5.56. The molecule has 1 aromatic heterocycles. The Morgan fingerprint density at radius 1 is 1.50 bits per heavy atom. The summed E-state index contributed by atoms with van der Waals surface area (Å²) < 4.78 is 5.56. The molecule has 0 amide bonds. The van der Waals surface area contributed by atoms with Crippen molar-refractivity contribution in [2.45, 2.75) is 25.9 Å². The Bertz CT molecular complexity index is 310. The third kappa shape index (κ3) is 2.01. The highest BCUT2D eigenvalue weighted by atomic mass is 16.5. The summed E-state index contributed by atoms with van der Waals surface area (Å²) in [6.07, 6.45) is 2.00. The van der Waals surface area contributed by atoms with Gasteiger partial charge in [-0.2, -0.15) is 4.98 Å². The first-order valence-corrected chi connectivity index (χ1v) is 4.96.